The Bertz CT molecular complexity index is 823. The zero-order chi connectivity index (χ0) is 20.7. The normalized spacial score (nSPS) is 15.5. The lowest BCUT2D eigenvalue weighted by molar-refractivity contribution is -0.122. The number of hydrogen-bond acceptors (Lipinski definition) is 4. The molecule has 1 aliphatic carbocycles. The zero-order valence-corrected chi connectivity index (χ0v) is 18.3. The van der Waals surface area contributed by atoms with Crippen LogP contribution in [0.3, 0.4) is 0 Å². The van der Waals surface area contributed by atoms with Crippen molar-refractivity contribution in [3.63, 3.8) is 0 Å². The molecule has 156 valence electrons. The van der Waals surface area contributed by atoms with Gasteiger partial charge in [-0.1, -0.05) is 30.2 Å². The molecule has 2 rings (SSSR count). The van der Waals surface area contributed by atoms with Gasteiger partial charge in [0, 0.05) is 11.6 Å². The number of carbonyl (C=O) groups excluding carboxylic acids is 1. The lowest BCUT2D eigenvalue weighted by atomic mass is 9.97. The van der Waals surface area contributed by atoms with E-state index in [0.29, 0.717) is 23.7 Å². The highest BCUT2D eigenvalue weighted by Crippen LogP contribution is 2.34. The summed E-state index contributed by atoms with van der Waals surface area (Å²) >= 11 is 6.08. The molecule has 0 heterocycles. The standard InChI is InChI=1S/C20H29ClN2O4S/c1-4-17(20(24)22-13-12-15-8-6-5-7-9-15)23(28(3,25)26)18-14-16(21)10-11-19(18)27-2/h8,10-11,14,17H,4-7,9,12-13H2,1-3H3,(H,22,24)/t17-/m1/s1. The molecule has 0 radical (unpaired) electrons. The molecule has 1 aliphatic rings. The maximum atomic E-state index is 12.9. The van der Waals surface area contributed by atoms with E-state index in [2.05, 4.69) is 11.4 Å². The topological polar surface area (TPSA) is 75.7 Å². The fourth-order valence-corrected chi connectivity index (χ4v) is 4.84. The number of hydrogen-bond donors (Lipinski definition) is 1. The number of nitrogens with one attached hydrogen (secondary N) is 1. The zero-order valence-electron chi connectivity index (χ0n) is 16.7. The first kappa shape index (κ1) is 22.6. The number of benzene rings is 1. The average Bonchev–Trinajstić information content (AvgIpc) is 2.65. The van der Waals surface area contributed by atoms with Crippen LogP contribution in [0.15, 0.2) is 29.8 Å². The van der Waals surface area contributed by atoms with Gasteiger partial charge in [0.1, 0.15) is 11.8 Å². The minimum Gasteiger partial charge on any atom is -0.495 e. The fourth-order valence-electron chi connectivity index (χ4n) is 3.47. The number of rotatable bonds is 9. The van der Waals surface area contributed by atoms with Crippen LogP contribution in [0.2, 0.25) is 5.02 Å². The fraction of sp³-hybridized carbons (Fsp3) is 0.550. The maximum Gasteiger partial charge on any atom is 0.243 e. The first-order valence-electron chi connectivity index (χ1n) is 9.56. The van der Waals surface area contributed by atoms with Crippen molar-refractivity contribution in [1.82, 2.24) is 5.32 Å². The number of ether oxygens (including phenoxy) is 1. The second-order valence-corrected chi connectivity index (χ2v) is 9.24. The summed E-state index contributed by atoms with van der Waals surface area (Å²) in [6.07, 6.45) is 9.01. The smallest absolute Gasteiger partial charge is 0.243 e. The molecule has 0 bridgehead atoms. The monoisotopic (exact) mass is 428 g/mol. The second kappa shape index (κ2) is 10.2. The van der Waals surface area contributed by atoms with Crippen molar-refractivity contribution >= 4 is 33.2 Å². The number of sulfonamides is 1. The highest BCUT2D eigenvalue weighted by molar-refractivity contribution is 7.92. The van der Waals surface area contributed by atoms with Crippen LogP contribution in [0.4, 0.5) is 5.69 Å². The summed E-state index contributed by atoms with van der Waals surface area (Å²) in [5, 5.41) is 3.26. The molecule has 1 aromatic rings. The van der Waals surface area contributed by atoms with Gasteiger partial charge in [-0.15, -0.1) is 0 Å². The average molecular weight is 429 g/mol. The molecular weight excluding hydrogens is 400 g/mol. The largest absolute Gasteiger partial charge is 0.495 e. The molecule has 0 spiro atoms. The Morgan fingerprint density at radius 1 is 1.36 bits per heavy atom. The quantitative estimate of drug-likeness (QED) is 0.605. The molecule has 1 N–H and O–H groups in total. The molecule has 1 aromatic carbocycles. The van der Waals surface area contributed by atoms with Gasteiger partial charge in [0.05, 0.1) is 19.1 Å². The van der Waals surface area contributed by atoms with Crippen molar-refractivity contribution in [2.75, 3.05) is 24.2 Å². The van der Waals surface area contributed by atoms with E-state index in [-0.39, 0.29) is 11.6 Å². The van der Waals surface area contributed by atoms with Gasteiger partial charge >= 0.3 is 0 Å². The van der Waals surface area contributed by atoms with Crippen molar-refractivity contribution < 1.29 is 17.9 Å². The molecule has 1 amide bonds. The number of amides is 1. The van der Waals surface area contributed by atoms with Crippen molar-refractivity contribution in [3.05, 3.63) is 34.9 Å². The Labute approximate surface area is 172 Å². The molecule has 1 atom stereocenters. The van der Waals surface area contributed by atoms with Crippen LogP contribution >= 0.6 is 11.6 Å². The number of halogens is 1. The van der Waals surface area contributed by atoms with Gasteiger partial charge in [-0.3, -0.25) is 9.10 Å². The summed E-state index contributed by atoms with van der Waals surface area (Å²) in [5.41, 5.74) is 1.62. The molecule has 28 heavy (non-hydrogen) atoms. The van der Waals surface area contributed by atoms with Crippen molar-refractivity contribution in [2.45, 2.75) is 51.5 Å². The first-order valence-corrected chi connectivity index (χ1v) is 11.8. The lowest BCUT2D eigenvalue weighted by Gasteiger charge is -2.31. The van der Waals surface area contributed by atoms with Crippen LogP contribution < -0.4 is 14.4 Å². The third-order valence-electron chi connectivity index (χ3n) is 4.84. The Hall–Kier alpha value is -1.73. The molecule has 0 aromatic heterocycles. The van der Waals surface area contributed by atoms with Gasteiger partial charge in [0.2, 0.25) is 15.9 Å². The molecule has 0 aliphatic heterocycles. The van der Waals surface area contributed by atoms with E-state index < -0.39 is 16.1 Å². The SMILES string of the molecule is CC[C@H](C(=O)NCCC1=CCCCC1)N(c1cc(Cl)ccc1OC)S(C)(=O)=O. The van der Waals surface area contributed by atoms with Crippen molar-refractivity contribution in [2.24, 2.45) is 0 Å². The van der Waals surface area contributed by atoms with E-state index >= 15 is 0 Å². The van der Waals surface area contributed by atoms with E-state index in [0.717, 1.165) is 29.8 Å². The predicted octanol–water partition coefficient (Wildman–Crippen LogP) is 3.90. The third kappa shape index (κ3) is 5.88. The van der Waals surface area contributed by atoms with Gasteiger partial charge in [0.15, 0.2) is 0 Å². The van der Waals surface area contributed by atoms with E-state index in [1.807, 2.05) is 0 Å². The molecule has 0 saturated carbocycles. The second-order valence-electron chi connectivity index (χ2n) is 6.95. The van der Waals surface area contributed by atoms with E-state index in [4.69, 9.17) is 16.3 Å². The lowest BCUT2D eigenvalue weighted by Crippen LogP contribution is -2.49. The molecule has 0 fully saturated rings. The number of nitrogens with zero attached hydrogens (tertiary/aromatic N) is 1. The Kier molecular flexibility index (Phi) is 8.19. The van der Waals surface area contributed by atoms with Gasteiger partial charge in [0.25, 0.3) is 0 Å². The van der Waals surface area contributed by atoms with E-state index in [1.54, 1.807) is 19.1 Å². The first-order chi connectivity index (χ1) is 13.3. The van der Waals surface area contributed by atoms with E-state index in [9.17, 15) is 13.2 Å². The highest BCUT2D eigenvalue weighted by atomic mass is 35.5. The summed E-state index contributed by atoms with van der Waals surface area (Å²) in [6, 6.07) is 3.83. The number of carbonyl (C=O) groups is 1. The van der Waals surface area contributed by atoms with Crippen LogP contribution in [-0.2, 0) is 14.8 Å². The van der Waals surface area contributed by atoms with Crippen molar-refractivity contribution in [3.8, 4) is 5.75 Å². The highest BCUT2D eigenvalue weighted by Gasteiger charge is 2.33. The van der Waals surface area contributed by atoms with Crippen LogP contribution in [0, 0.1) is 0 Å². The number of allylic oxidation sites excluding steroid dienone is 1. The summed E-state index contributed by atoms with van der Waals surface area (Å²) in [5.74, 6) is 0.0137. The van der Waals surface area contributed by atoms with Gasteiger partial charge < -0.3 is 10.1 Å². The van der Waals surface area contributed by atoms with Crippen molar-refractivity contribution in [1.29, 1.82) is 0 Å². The molecule has 0 saturated heterocycles. The van der Waals surface area contributed by atoms with Crippen LogP contribution in [0.25, 0.3) is 0 Å². The number of methoxy groups -OCH3 is 1. The Morgan fingerprint density at radius 2 is 2.11 bits per heavy atom. The number of anilines is 1. The summed E-state index contributed by atoms with van der Waals surface area (Å²) in [4.78, 5) is 12.9. The van der Waals surface area contributed by atoms with Crippen LogP contribution in [0.1, 0.15) is 45.4 Å². The van der Waals surface area contributed by atoms with Gasteiger partial charge in [-0.25, -0.2) is 8.42 Å². The molecule has 0 unspecified atom stereocenters. The maximum absolute atomic E-state index is 12.9. The summed E-state index contributed by atoms with van der Waals surface area (Å²) < 4.78 is 31.6. The molecule has 6 nitrogen and oxygen atoms in total. The molecular formula is C20H29ClN2O4S. The van der Waals surface area contributed by atoms with Gasteiger partial charge in [-0.05, 0) is 56.7 Å². The van der Waals surface area contributed by atoms with Crippen LogP contribution in [-0.4, -0.2) is 40.3 Å². The Morgan fingerprint density at radius 3 is 2.68 bits per heavy atom. The third-order valence-corrected chi connectivity index (χ3v) is 6.24. The summed E-state index contributed by atoms with van der Waals surface area (Å²) in [6.45, 7) is 2.27. The minimum atomic E-state index is -3.75. The minimum absolute atomic E-state index is 0.259. The summed E-state index contributed by atoms with van der Waals surface area (Å²) in [7, 11) is -2.30. The van der Waals surface area contributed by atoms with E-state index in [1.165, 1.54) is 31.6 Å². The van der Waals surface area contributed by atoms with Crippen LogP contribution in [0.5, 0.6) is 5.75 Å². The molecule has 8 heteroatoms. The Balaban J connectivity index is 2.22. The van der Waals surface area contributed by atoms with Gasteiger partial charge in [-0.2, -0.15) is 0 Å². The predicted molar refractivity (Wildman–Crippen MR) is 114 cm³/mol.